The van der Waals surface area contributed by atoms with Crippen molar-refractivity contribution in [3.63, 3.8) is 0 Å². The maximum Gasteiger partial charge on any atom is 0.348 e. The summed E-state index contributed by atoms with van der Waals surface area (Å²) >= 11 is 0.215. The first-order valence-corrected chi connectivity index (χ1v) is 9.42. The Labute approximate surface area is 160 Å². The Kier molecular flexibility index (Phi) is 5.51. The third-order valence-corrected chi connectivity index (χ3v) is 5.43. The number of alkyl halides is 2. The van der Waals surface area contributed by atoms with E-state index in [0.29, 0.717) is 15.6 Å². The van der Waals surface area contributed by atoms with Gasteiger partial charge in [0.15, 0.2) is 5.83 Å². The predicted octanol–water partition coefficient (Wildman–Crippen LogP) is 5.26. The van der Waals surface area contributed by atoms with Crippen LogP contribution in [0.25, 0.3) is 23.9 Å². The summed E-state index contributed by atoms with van der Waals surface area (Å²) in [7, 11) is 0. The Morgan fingerprint density at radius 3 is 2.30 bits per heavy atom. The summed E-state index contributed by atoms with van der Waals surface area (Å²) < 4.78 is 44.6. The lowest BCUT2D eigenvalue weighted by Gasteiger charge is -2.14. The molecule has 0 N–H and O–H groups in total. The van der Waals surface area contributed by atoms with Crippen LogP contribution in [-0.2, 0) is 13.0 Å². The van der Waals surface area contributed by atoms with Crippen molar-refractivity contribution in [3.05, 3.63) is 76.7 Å². The smallest absolute Gasteiger partial charge is 0.337 e. The molecule has 5 heteroatoms. The van der Waals surface area contributed by atoms with Gasteiger partial charge >= 0.3 is 5.25 Å². The molecule has 0 fully saturated rings. The fourth-order valence-electron chi connectivity index (χ4n) is 2.98. The lowest BCUT2D eigenvalue weighted by Crippen LogP contribution is -2.25. The van der Waals surface area contributed by atoms with Crippen molar-refractivity contribution < 1.29 is 13.2 Å². The number of benzene rings is 2. The average Bonchev–Trinajstić information content (AvgIpc) is 2.90. The standard InChI is InChI=1S/C22H20F3NS/c1-4-17-8-7-9-18(14-17)27-22(24,25)21(23)12-13-26-15(2)19-10-5-6-11-20(19)16(26)3/h5-12,14H,2-4,13H2,1H3/b21-12-. The van der Waals surface area contributed by atoms with Crippen molar-refractivity contribution in [1.29, 1.82) is 0 Å². The number of thioether (sulfide) groups is 1. The molecule has 0 saturated heterocycles. The largest absolute Gasteiger partial charge is 0.348 e. The molecule has 0 atom stereocenters. The molecule has 0 aliphatic rings. The molecular weight excluding hydrogens is 367 g/mol. The van der Waals surface area contributed by atoms with Crippen LogP contribution in [0, 0.1) is 0 Å². The van der Waals surface area contributed by atoms with E-state index >= 15 is 0 Å². The van der Waals surface area contributed by atoms with Crippen molar-refractivity contribution in [2.24, 2.45) is 0 Å². The molecule has 0 radical (unpaired) electrons. The molecule has 3 rings (SSSR count). The van der Waals surface area contributed by atoms with Gasteiger partial charge in [0.25, 0.3) is 0 Å². The first kappa shape index (κ1) is 19.4. The van der Waals surface area contributed by atoms with Crippen LogP contribution in [0.5, 0.6) is 0 Å². The molecule has 140 valence electrons. The maximum absolute atomic E-state index is 14.3. The summed E-state index contributed by atoms with van der Waals surface area (Å²) in [5, 5.41) is -0.609. The Morgan fingerprint density at radius 1 is 1.07 bits per heavy atom. The Bertz CT molecular complexity index is 1050. The van der Waals surface area contributed by atoms with Crippen LogP contribution in [0.15, 0.2) is 65.3 Å². The van der Waals surface area contributed by atoms with E-state index in [1.807, 2.05) is 37.3 Å². The molecular formula is C22H20F3NS. The molecule has 0 saturated carbocycles. The monoisotopic (exact) mass is 387 g/mol. The van der Waals surface area contributed by atoms with Gasteiger partial charge in [-0.25, -0.2) is 4.39 Å². The number of halogens is 3. The summed E-state index contributed by atoms with van der Waals surface area (Å²) in [6, 6.07) is 14.3. The topological polar surface area (TPSA) is 4.93 Å². The van der Waals surface area contributed by atoms with Gasteiger partial charge in [-0.1, -0.05) is 56.5 Å². The van der Waals surface area contributed by atoms with E-state index in [4.69, 9.17) is 0 Å². The number of hydrogen-bond acceptors (Lipinski definition) is 1. The van der Waals surface area contributed by atoms with Crippen LogP contribution in [0.3, 0.4) is 0 Å². The van der Waals surface area contributed by atoms with E-state index in [9.17, 15) is 13.2 Å². The van der Waals surface area contributed by atoms with Gasteiger partial charge in [-0.2, -0.15) is 8.78 Å². The zero-order valence-corrected chi connectivity index (χ0v) is 15.8. The van der Waals surface area contributed by atoms with Gasteiger partial charge in [0.1, 0.15) is 0 Å². The van der Waals surface area contributed by atoms with E-state index in [-0.39, 0.29) is 18.3 Å². The second-order valence-corrected chi connectivity index (χ2v) is 7.41. The van der Waals surface area contributed by atoms with Gasteiger partial charge in [0, 0.05) is 32.9 Å². The van der Waals surface area contributed by atoms with Crippen LogP contribution in [0.4, 0.5) is 13.2 Å². The van der Waals surface area contributed by atoms with Crippen molar-refractivity contribution in [2.45, 2.75) is 30.0 Å². The third kappa shape index (κ3) is 3.98. The predicted molar refractivity (Wildman–Crippen MR) is 108 cm³/mol. The highest BCUT2D eigenvalue weighted by atomic mass is 32.2. The second kappa shape index (κ2) is 7.69. The fraction of sp³-hybridized carbons (Fsp3) is 0.182. The van der Waals surface area contributed by atoms with E-state index in [1.165, 1.54) is 0 Å². The SMILES string of the molecule is C=c1c2ccccc2c(=C)n1C/C=C(\F)C(F)(F)Sc1cccc(CC)c1. The molecule has 1 heterocycles. The van der Waals surface area contributed by atoms with Crippen molar-refractivity contribution in [3.8, 4) is 0 Å². The molecule has 0 bridgehead atoms. The zero-order chi connectivity index (χ0) is 19.6. The number of hydrogen-bond donors (Lipinski definition) is 0. The number of rotatable bonds is 6. The number of aryl methyl sites for hydroxylation is 1. The van der Waals surface area contributed by atoms with Crippen molar-refractivity contribution in [1.82, 2.24) is 4.57 Å². The van der Waals surface area contributed by atoms with Crippen LogP contribution < -0.4 is 10.7 Å². The minimum absolute atomic E-state index is 0.0523. The Hall–Kier alpha value is -2.40. The first-order valence-electron chi connectivity index (χ1n) is 8.60. The minimum atomic E-state index is -3.64. The number of aromatic nitrogens is 1. The van der Waals surface area contributed by atoms with Crippen LogP contribution in [0.2, 0.25) is 0 Å². The van der Waals surface area contributed by atoms with Crippen LogP contribution >= 0.6 is 11.8 Å². The van der Waals surface area contributed by atoms with Gasteiger partial charge in [-0.3, -0.25) is 0 Å². The molecule has 0 aliphatic heterocycles. The highest BCUT2D eigenvalue weighted by molar-refractivity contribution is 8.00. The quantitative estimate of drug-likeness (QED) is 0.522. The van der Waals surface area contributed by atoms with Gasteiger partial charge in [-0.05, 0) is 42.0 Å². The molecule has 3 aromatic rings. The number of allylic oxidation sites excluding steroid dienone is 1. The number of fused-ring (bicyclic) bond motifs is 1. The summed E-state index contributed by atoms with van der Waals surface area (Å²) in [5.41, 5.74) is 0.933. The fourth-order valence-corrected chi connectivity index (χ4v) is 3.81. The number of nitrogens with zero attached hydrogens (tertiary/aromatic N) is 1. The summed E-state index contributed by atoms with van der Waals surface area (Å²) in [4.78, 5) is 0.338. The molecule has 27 heavy (non-hydrogen) atoms. The molecule has 1 nitrogen and oxygen atoms in total. The van der Waals surface area contributed by atoms with Crippen molar-refractivity contribution in [2.75, 3.05) is 0 Å². The summed E-state index contributed by atoms with van der Waals surface area (Å²) in [6.45, 7) is 9.84. The first-order chi connectivity index (χ1) is 12.8. The molecule has 0 spiro atoms. The summed E-state index contributed by atoms with van der Waals surface area (Å²) in [6.07, 6.45) is 1.64. The maximum atomic E-state index is 14.3. The van der Waals surface area contributed by atoms with E-state index < -0.39 is 11.1 Å². The molecule has 0 amide bonds. The van der Waals surface area contributed by atoms with Crippen LogP contribution in [-0.4, -0.2) is 9.82 Å². The highest BCUT2D eigenvalue weighted by Crippen LogP contribution is 2.42. The van der Waals surface area contributed by atoms with Gasteiger partial charge in [0.05, 0.1) is 0 Å². The normalized spacial score (nSPS) is 12.7. The van der Waals surface area contributed by atoms with E-state index in [1.54, 1.807) is 22.8 Å². The second-order valence-electron chi connectivity index (χ2n) is 6.22. The van der Waals surface area contributed by atoms with Gasteiger partial charge in [0.2, 0.25) is 0 Å². The third-order valence-electron chi connectivity index (χ3n) is 4.48. The lowest BCUT2D eigenvalue weighted by molar-refractivity contribution is 0.118. The molecule has 1 aromatic heterocycles. The zero-order valence-electron chi connectivity index (χ0n) is 15.0. The van der Waals surface area contributed by atoms with Crippen molar-refractivity contribution >= 4 is 35.7 Å². The molecule has 2 aromatic carbocycles. The van der Waals surface area contributed by atoms with E-state index in [2.05, 4.69) is 13.2 Å². The molecule has 0 unspecified atom stereocenters. The Balaban J connectivity index is 1.84. The van der Waals surface area contributed by atoms with Gasteiger partial charge in [-0.15, -0.1) is 0 Å². The lowest BCUT2D eigenvalue weighted by atomic mass is 10.2. The molecule has 0 aliphatic carbocycles. The minimum Gasteiger partial charge on any atom is -0.337 e. The summed E-state index contributed by atoms with van der Waals surface area (Å²) in [5.74, 6) is -1.47. The highest BCUT2D eigenvalue weighted by Gasteiger charge is 2.36. The van der Waals surface area contributed by atoms with E-state index in [0.717, 1.165) is 28.8 Å². The average molecular weight is 387 g/mol. The van der Waals surface area contributed by atoms with Gasteiger partial charge < -0.3 is 4.57 Å². The van der Waals surface area contributed by atoms with Crippen LogP contribution in [0.1, 0.15) is 12.5 Å². The Morgan fingerprint density at radius 2 is 1.70 bits per heavy atom.